The lowest BCUT2D eigenvalue weighted by Crippen LogP contribution is -2.10. The van der Waals surface area contributed by atoms with Crippen LogP contribution in [0, 0.1) is 5.92 Å². The molecular formula is C53H78N2. The number of hydrogen-bond acceptors (Lipinski definition) is 2. The summed E-state index contributed by atoms with van der Waals surface area (Å²) in [5.74, 6) is 1.50. The largest absolute Gasteiger partial charge is 0.399 e. The van der Waals surface area contributed by atoms with Gasteiger partial charge in [-0.3, -0.25) is 0 Å². The summed E-state index contributed by atoms with van der Waals surface area (Å²) in [6.45, 7) is 6.91. The van der Waals surface area contributed by atoms with E-state index in [-0.39, 0.29) is 0 Å². The van der Waals surface area contributed by atoms with Gasteiger partial charge in [0.15, 0.2) is 0 Å². The maximum absolute atomic E-state index is 6.10. The van der Waals surface area contributed by atoms with Gasteiger partial charge in [0.05, 0.1) is 0 Å². The third kappa shape index (κ3) is 16.6. The van der Waals surface area contributed by atoms with Crippen LogP contribution in [0.3, 0.4) is 0 Å². The minimum Gasteiger partial charge on any atom is -0.399 e. The summed E-state index contributed by atoms with van der Waals surface area (Å²) in [4.78, 5) is 0. The Morgan fingerprint density at radius 2 is 0.600 bits per heavy atom. The van der Waals surface area contributed by atoms with Crippen molar-refractivity contribution in [3.05, 3.63) is 130 Å². The van der Waals surface area contributed by atoms with Crippen LogP contribution < -0.4 is 11.5 Å². The SMILES string of the molecule is CCCCCCCCCC(c1ccc(N)cc1)c1ccc(CC(CCCCCC)Cc2ccc(C(CCCCCCCCC)c3ccc(N)cc3)cc2)cc1. The van der Waals surface area contributed by atoms with Crippen LogP contribution >= 0.6 is 0 Å². The number of nitrogen functional groups attached to an aromatic ring is 2. The average Bonchev–Trinajstić information content (AvgIpc) is 3.20. The van der Waals surface area contributed by atoms with E-state index < -0.39 is 0 Å². The molecule has 4 N–H and O–H groups in total. The van der Waals surface area contributed by atoms with Crippen LogP contribution in [0.1, 0.15) is 201 Å². The van der Waals surface area contributed by atoms with Gasteiger partial charge >= 0.3 is 0 Å². The Bertz CT molecular complexity index is 1410. The van der Waals surface area contributed by atoms with Crippen molar-refractivity contribution in [2.45, 2.75) is 180 Å². The highest BCUT2D eigenvalue weighted by molar-refractivity contribution is 5.44. The minimum absolute atomic E-state index is 0.427. The first-order valence-electron chi connectivity index (χ1n) is 22.9. The fraction of sp³-hybridized carbons (Fsp3) is 0.547. The van der Waals surface area contributed by atoms with Crippen LogP contribution in [0.5, 0.6) is 0 Å². The molecule has 0 heterocycles. The third-order valence-electron chi connectivity index (χ3n) is 12.1. The van der Waals surface area contributed by atoms with E-state index in [1.54, 1.807) is 0 Å². The number of benzene rings is 4. The van der Waals surface area contributed by atoms with Crippen LogP contribution in [-0.4, -0.2) is 0 Å². The smallest absolute Gasteiger partial charge is 0.0314 e. The average molecular weight is 743 g/mol. The molecular weight excluding hydrogens is 665 g/mol. The molecule has 4 aromatic carbocycles. The highest BCUT2D eigenvalue weighted by Crippen LogP contribution is 2.34. The lowest BCUT2D eigenvalue weighted by molar-refractivity contribution is 0.449. The molecule has 0 saturated heterocycles. The lowest BCUT2D eigenvalue weighted by atomic mass is 9.83. The number of unbranched alkanes of at least 4 members (excludes halogenated alkanes) is 15. The zero-order valence-electron chi connectivity index (χ0n) is 35.4. The maximum atomic E-state index is 6.10. The summed E-state index contributed by atoms with van der Waals surface area (Å²) in [5, 5.41) is 0. The molecule has 55 heavy (non-hydrogen) atoms. The Balaban J connectivity index is 1.42. The fourth-order valence-electron chi connectivity index (χ4n) is 8.69. The van der Waals surface area contributed by atoms with E-state index in [1.165, 1.54) is 168 Å². The Morgan fingerprint density at radius 3 is 0.945 bits per heavy atom. The lowest BCUT2D eigenvalue weighted by Gasteiger charge is -2.21. The van der Waals surface area contributed by atoms with Gasteiger partial charge < -0.3 is 11.5 Å². The first-order valence-corrected chi connectivity index (χ1v) is 22.9. The molecule has 2 unspecified atom stereocenters. The van der Waals surface area contributed by atoms with Crippen molar-refractivity contribution >= 4 is 11.4 Å². The highest BCUT2D eigenvalue weighted by atomic mass is 14.5. The number of hydrogen-bond donors (Lipinski definition) is 2. The van der Waals surface area contributed by atoms with Gasteiger partial charge in [-0.05, 0) is 95.7 Å². The first kappa shape index (κ1) is 44.2. The summed E-state index contributed by atoms with van der Waals surface area (Å²) in [5.41, 5.74) is 22.5. The second-order valence-electron chi connectivity index (χ2n) is 16.9. The number of rotatable bonds is 29. The van der Waals surface area contributed by atoms with Gasteiger partial charge in [-0.15, -0.1) is 0 Å². The zero-order chi connectivity index (χ0) is 38.9. The molecule has 4 aromatic rings. The van der Waals surface area contributed by atoms with Crippen LogP contribution in [0.25, 0.3) is 0 Å². The van der Waals surface area contributed by atoms with Crippen molar-refractivity contribution in [2.75, 3.05) is 11.5 Å². The second kappa shape index (κ2) is 26.4. The van der Waals surface area contributed by atoms with Gasteiger partial charge in [-0.25, -0.2) is 0 Å². The normalized spacial score (nSPS) is 13.1. The summed E-state index contributed by atoms with van der Waals surface area (Å²) in [6.07, 6.45) is 30.1. The van der Waals surface area contributed by atoms with Gasteiger partial charge in [-0.1, -0.05) is 209 Å². The van der Waals surface area contributed by atoms with Gasteiger partial charge in [0, 0.05) is 23.2 Å². The first-order chi connectivity index (χ1) is 27.0. The van der Waals surface area contributed by atoms with E-state index in [9.17, 15) is 0 Å². The van der Waals surface area contributed by atoms with Crippen molar-refractivity contribution in [2.24, 2.45) is 5.92 Å². The topological polar surface area (TPSA) is 52.0 Å². The quantitative estimate of drug-likeness (QED) is 0.0430. The summed E-state index contributed by atoms with van der Waals surface area (Å²) in [6, 6.07) is 36.8. The van der Waals surface area contributed by atoms with E-state index in [4.69, 9.17) is 11.5 Å². The van der Waals surface area contributed by atoms with Crippen LogP contribution in [-0.2, 0) is 12.8 Å². The molecule has 300 valence electrons. The molecule has 0 aliphatic carbocycles. The number of nitrogens with two attached hydrogens (primary N) is 2. The molecule has 0 radical (unpaired) electrons. The molecule has 0 spiro atoms. The minimum atomic E-state index is 0.427. The maximum Gasteiger partial charge on any atom is 0.0314 e. The zero-order valence-corrected chi connectivity index (χ0v) is 35.4. The molecule has 0 fully saturated rings. The van der Waals surface area contributed by atoms with Gasteiger partial charge in [0.1, 0.15) is 0 Å². The number of anilines is 2. The third-order valence-corrected chi connectivity index (χ3v) is 12.1. The molecule has 0 aliphatic rings. The Labute approximate surface area is 338 Å². The van der Waals surface area contributed by atoms with Crippen molar-refractivity contribution < 1.29 is 0 Å². The van der Waals surface area contributed by atoms with E-state index in [0.29, 0.717) is 17.8 Å². The van der Waals surface area contributed by atoms with E-state index in [1.807, 2.05) is 0 Å². The van der Waals surface area contributed by atoms with Gasteiger partial charge in [0.25, 0.3) is 0 Å². The molecule has 2 atom stereocenters. The molecule has 0 aromatic heterocycles. The highest BCUT2D eigenvalue weighted by Gasteiger charge is 2.18. The Kier molecular flexibility index (Phi) is 21.2. The van der Waals surface area contributed by atoms with Crippen LogP contribution in [0.2, 0.25) is 0 Å². The van der Waals surface area contributed by atoms with Crippen molar-refractivity contribution in [3.63, 3.8) is 0 Å². The van der Waals surface area contributed by atoms with E-state index in [0.717, 1.165) is 24.2 Å². The summed E-state index contributed by atoms with van der Waals surface area (Å²) >= 11 is 0. The van der Waals surface area contributed by atoms with Crippen LogP contribution in [0.4, 0.5) is 11.4 Å². The van der Waals surface area contributed by atoms with Gasteiger partial charge in [-0.2, -0.15) is 0 Å². The van der Waals surface area contributed by atoms with Crippen molar-refractivity contribution in [1.29, 1.82) is 0 Å². The molecule has 0 aliphatic heterocycles. The monoisotopic (exact) mass is 743 g/mol. The molecule has 0 bridgehead atoms. The van der Waals surface area contributed by atoms with Crippen molar-refractivity contribution in [3.8, 4) is 0 Å². The van der Waals surface area contributed by atoms with E-state index >= 15 is 0 Å². The fourth-order valence-corrected chi connectivity index (χ4v) is 8.69. The predicted octanol–water partition coefficient (Wildman–Crippen LogP) is 15.8. The molecule has 2 nitrogen and oxygen atoms in total. The second-order valence-corrected chi connectivity index (χ2v) is 16.9. The summed E-state index contributed by atoms with van der Waals surface area (Å²) in [7, 11) is 0. The van der Waals surface area contributed by atoms with E-state index in [2.05, 4.69) is 118 Å². The van der Waals surface area contributed by atoms with Crippen LogP contribution in [0.15, 0.2) is 97.1 Å². The summed E-state index contributed by atoms with van der Waals surface area (Å²) < 4.78 is 0. The standard InChI is InChI=1S/C53H78N2/c1-4-7-10-13-15-17-20-23-52(48-33-37-50(54)38-34-48)46-29-25-43(26-30-46)41-45(22-19-12-9-6-3)42-44-27-31-47(32-28-44)53(49-35-39-51(55)40-36-49)24-21-18-16-14-11-8-5-2/h25-40,45,52-53H,4-24,41-42,54-55H2,1-3H3. The molecule has 0 saturated carbocycles. The molecule has 0 amide bonds. The predicted molar refractivity (Wildman–Crippen MR) is 243 cm³/mol. The molecule has 4 rings (SSSR count). The Morgan fingerprint density at radius 1 is 0.327 bits per heavy atom. The van der Waals surface area contributed by atoms with Gasteiger partial charge in [0.2, 0.25) is 0 Å². The van der Waals surface area contributed by atoms with Crippen molar-refractivity contribution in [1.82, 2.24) is 0 Å². The molecule has 2 heteroatoms. The Hall–Kier alpha value is -3.52.